The van der Waals surface area contributed by atoms with E-state index in [-0.39, 0.29) is 17.0 Å². The molecule has 3 fully saturated rings. The molecule has 3 nitrogen and oxygen atoms in total. The average molecular weight is 354 g/mol. The number of esters is 1. The van der Waals surface area contributed by atoms with Crippen LogP contribution in [0.15, 0.2) is 18.2 Å². The molecule has 2 bridgehead atoms. The second-order valence-electron chi connectivity index (χ2n) is 9.48. The molecule has 3 atom stereocenters. The first kappa shape index (κ1) is 16.6. The number of carbonyl (C=O) groups excluding carboxylic acids is 1. The first-order valence-electron chi connectivity index (χ1n) is 10.5. The lowest BCUT2D eigenvalue weighted by atomic mass is 9.48. The maximum absolute atomic E-state index is 12.2. The Bertz CT molecular complexity index is 759. The molecule has 0 aliphatic heterocycles. The number of rotatable bonds is 2. The number of ether oxygens (including phenoxy) is 1. The molecule has 0 unspecified atom stereocenters. The highest BCUT2D eigenvalue weighted by Crippen LogP contribution is 2.78. The monoisotopic (exact) mass is 354 g/mol. The molecule has 1 N–H and O–H groups in total. The number of phenolic OH excluding ortho intramolecular Hbond substituents is 1. The van der Waals surface area contributed by atoms with Crippen LogP contribution in [-0.4, -0.2) is 16.7 Å². The maximum atomic E-state index is 12.2. The molecule has 0 saturated heterocycles. The Morgan fingerprint density at radius 1 is 1.19 bits per heavy atom. The minimum Gasteiger partial charge on any atom is -0.508 e. The van der Waals surface area contributed by atoms with Crippen LogP contribution in [0, 0.1) is 16.7 Å². The van der Waals surface area contributed by atoms with Gasteiger partial charge >= 0.3 is 5.97 Å². The minimum atomic E-state index is -0.208. The van der Waals surface area contributed by atoms with Crippen molar-refractivity contribution in [1.29, 1.82) is 0 Å². The molecule has 0 spiro atoms. The van der Waals surface area contributed by atoms with Crippen molar-refractivity contribution in [2.24, 2.45) is 16.7 Å². The van der Waals surface area contributed by atoms with Gasteiger partial charge in [0.15, 0.2) is 0 Å². The van der Waals surface area contributed by atoms with Crippen LogP contribution in [0.5, 0.6) is 5.75 Å². The Labute approximate surface area is 156 Å². The smallest absolute Gasteiger partial charge is 0.306 e. The van der Waals surface area contributed by atoms with E-state index in [2.05, 4.69) is 13.0 Å². The van der Waals surface area contributed by atoms with E-state index in [1.165, 1.54) is 36.8 Å². The van der Waals surface area contributed by atoms with Crippen LogP contribution in [0.3, 0.4) is 0 Å². The van der Waals surface area contributed by atoms with Crippen molar-refractivity contribution in [3.05, 3.63) is 29.3 Å². The van der Waals surface area contributed by atoms with Crippen molar-refractivity contribution in [3.63, 3.8) is 0 Å². The minimum absolute atomic E-state index is 0.0180. The fourth-order valence-electron chi connectivity index (χ4n) is 7.78. The standard InChI is InChI=1S/C23H30O3/c1-3-20(25)26-23-12-10-22(11-13-23)19-7-4-15-14-16(24)5-6-17(15)18(19)8-9-21(22,23)2/h5-6,14,18-19,24H,3-4,7-13H2,1-2H3/t18-,19-,21+,22?,23?/m1/s1. The summed E-state index contributed by atoms with van der Waals surface area (Å²) in [6, 6.07) is 6.02. The molecule has 0 amide bonds. The summed E-state index contributed by atoms with van der Waals surface area (Å²) in [7, 11) is 0. The summed E-state index contributed by atoms with van der Waals surface area (Å²) in [6.45, 7) is 4.35. The fraction of sp³-hybridized carbons (Fsp3) is 0.696. The molecule has 3 heteroatoms. The van der Waals surface area contributed by atoms with E-state index in [0.29, 0.717) is 29.4 Å². The summed E-state index contributed by atoms with van der Waals surface area (Å²) in [5, 5.41) is 9.87. The van der Waals surface area contributed by atoms with Gasteiger partial charge in [-0.25, -0.2) is 0 Å². The summed E-state index contributed by atoms with van der Waals surface area (Å²) in [4.78, 5) is 12.2. The molecule has 3 saturated carbocycles. The van der Waals surface area contributed by atoms with Crippen LogP contribution < -0.4 is 0 Å². The van der Waals surface area contributed by atoms with Crippen LogP contribution in [-0.2, 0) is 16.0 Å². The van der Waals surface area contributed by atoms with E-state index in [9.17, 15) is 9.90 Å². The van der Waals surface area contributed by atoms with Crippen LogP contribution in [0.4, 0.5) is 0 Å². The number of fused-ring (bicyclic) bond motifs is 3. The van der Waals surface area contributed by atoms with Crippen LogP contribution in [0.25, 0.3) is 0 Å². The van der Waals surface area contributed by atoms with Gasteiger partial charge in [-0.3, -0.25) is 4.79 Å². The highest BCUT2D eigenvalue weighted by atomic mass is 16.6. The molecule has 4 aliphatic carbocycles. The van der Waals surface area contributed by atoms with Gasteiger partial charge in [-0.05, 0) is 91.9 Å². The summed E-state index contributed by atoms with van der Waals surface area (Å²) in [6.07, 6.45) is 9.66. The summed E-state index contributed by atoms with van der Waals surface area (Å²) in [5.74, 6) is 1.69. The Morgan fingerprint density at radius 3 is 2.69 bits per heavy atom. The predicted molar refractivity (Wildman–Crippen MR) is 100 cm³/mol. The third-order valence-electron chi connectivity index (χ3n) is 9.05. The second-order valence-corrected chi connectivity index (χ2v) is 9.48. The second kappa shape index (κ2) is 5.27. The lowest BCUT2D eigenvalue weighted by Gasteiger charge is -2.57. The zero-order chi connectivity index (χ0) is 18.2. The van der Waals surface area contributed by atoms with Gasteiger partial charge in [-0.2, -0.15) is 0 Å². The Kier molecular flexibility index (Phi) is 3.37. The number of aromatic hydroxyl groups is 1. The molecule has 0 radical (unpaired) electrons. The first-order valence-corrected chi connectivity index (χ1v) is 10.5. The molecule has 1 aromatic rings. The number of hydrogen-bond acceptors (Lipinski definition) is 3. The van der Waals surface area contributed by atoms with E-state index >= 15 is 0 Å². The lowest BCUT2D eigenvalue weighted by Crippen LogP contribution is -2.53. The highest BCUT2D eigenvalue weighted by molar-refractivity contribution is 5.69. The number of hydrogen-bond donors (Lipinski definition) is 1. The third-order valence-corrected chi connectivity index (χ3v) is 9.05. The number of phenols is 1. The van der Waals surface area contributed by atoms with Gasteiger partial charge in [0.25, 0.3) is 0 Å². The normalized spacial score (nSPS) is 42.7. The molecule has 0 aromatic heterocycles. The molecule has 0 heterocycles. The zero-order valence-corrected chi connectivity index (χ0v) is 16.0. The number of carbonyl (C=O) groups is 1. The third kappa shape index (κ3) is 1.82. The van der Waals surface area contributed by atoms with E-state index in [1.54, 1.807) is 0 Å². The highest BCUT2D eigenvalue weighted by Gasteiger charge is 2.75. The SMILES string of the molecule is CCC(=O)OC12CCC3(CC1)[C@@H]1CCc4cc(O)ccc4[C@H]1CC[C@]23C. The van der Waals surface area contributed by atoms with E-state index < -0.39 is 0 Å². The van der Waals surface area contributed by atoms with Gasteiger partial charge in [-0.15, -0.1) is 0 Å². The molecule has 140 valence electrons. The predicted octanol–water partition coefficient (Wildman–Crippen LogP) is 5.10. The summed E-state index contributed by atoms with van der Waals surface area (Å²) >= 11 is 0. The molecular weight excluding hydrogens is 324 g/mol. The van der Waals surface area contributed by atoms with Gasteiger partial charge in [0.2, 0.25) is 0 Å². The fourth-order valence-corrected chi connectivity index (χ4v) is 7.78. The Morgan fingerprint density at radius 2 is 1.96 bits per heavy atom. The Hall–Kier alpha value is -1.51. The molecule has 26 heavy (non-hydrogen) atoms. The molecule has 4 aliphatic rings. The lowest BCUT2D eigenvalue weighted by molar-refractivity contribution is -0.176. The van der Waals surface area contributed by atoms with Crippen LogP contribution in [0.2, 0.25) is 0 Å². The van der Waals surface area contributed by atoms with Crippen molar-refractivity contribution in [1.82, 2.24) is 0 Å². The van der Waals surface area contributed by atoms with Gasteiger partial charge in [0, 0.05) is 11.8 Å². The number of aryl methyl sites for hydroxylation is 1. The van der Waals surface area contributed by atoms with E-state index in [0.717, 1.165) is 25.7 Å². The van der Waals surface area contributed by atoms with Crippen molar-refractivity contribution >= 4 is 5.97 Å². The van der Waals surface area contributed by atoms with Gasteiger partial charge in [-0.1, -0.05) is 19.9 Å². The Balaban J connectivity index is 1.54. The quantitative estimate of drug-likeness (QED) is 0.751. The van der Waals surface area contributed by atoms with Crippen molar-refractivity contribution in [2.75, 3.05) is 0 Å². The molecular formula is C23H30O3. The van der Waals surface area contributed by atoms with Crippen molar-refractivity contribution in [2.45, 2.75) is 83.2 Å². The largest absolute Gasteiger partial charge is 0.508 e. The van der Waals surface area contributed by atoms with Crippen molar-refractivity contribution < 1.29 is 14.6 Å². The number of benzene rings is 1. The van der Waals surface area contributed by atoms with Crippen LogP contribution in [0.1, 0.15) is 82.3 Å². The van der Waals surface area contributed by atoms with Crippen molar-refractivity contribution in [3.8, 4) is 5.75 Å². The van der Waals surface area contributed by atoms with E-state index in [4.69, 9.17) is 4.74 Å². The van der Waals surface area contributed by atoms with Gasteiger partial charge in [0.05, 0.1) is 0 Å². The van der Waals surface area contributed by atoms with Crippen LogP contribution >= 0.6 is 0 Å². The summed E-state index contributed by atoms with van der Waals surface area (Å²) in [5.41, 5.74) is 3.09. The summed E-state index contributed by atoms with van der Waals surface area (Å²) < 4.78 is 6.20. The molecule has 1 aromatic carbocycles. The zero-order valence-electron chi connectivity index (χ0n) is 16.0. The van der Waals surface area contributed by atoms with Gasteiger partial charge in [0.1, 0.15) is 11.4 Å². The average Bonchev–Trinajstić information content (AvgIpc) is 3.04. The first-order chi connectivity index (χ1) is 12.4. The maximum Gasteiger partial charge on any atom is 0.306 e. The molecule has 5 rings (SSSR count). The topological polar surface area (TPSA) is 46.5 Å². The van der Waals surface area contributed by atoms with E-state index in [1.807, 2.05) is 19.1 Å². The van der Waals surface area contributed by atoms with Gasteiger partial charge < -0.3 is 9.84 Å².